The van der Waals surface area contributed by atoms with Gasteiger partial charge >= 0.3 is 6.03 Å². The first-order chi connectivity index (χ1) is 9.99. The molecule has 116 valence electrons. The number of hydrogen-bond acceptors (Lipinski definition) is 4. The highest BCUT2D eigenvalue weighted by Crippen LogP contribution is 2.38. The van der Waals surface area contributed by atoms with Crippen molar-refractivity contribution in [2.75, 3.05) is 12.0 Å². The van der Waals surface area contributed by atoms with E-state index in [1.807, 2.05) is 6.92 Å². The Morgan fingerprint density at radius 1 is 1.38 bits per heavy atom. The van der Waals surface area contributed by atoms with Crippen molar-refractivity contribution in [2.45, 2.75) is 23.7 Å². The van der Waals surface area contributed by atoms with Crippen LogP contribution in [0, 0.1) is 0 Å². The number of ether oxygens (including phenoxy) is 1. The Kier molecular flexibility index (Phi) is 5.43. The molecule has 0 saturated carbocycles. The molecule has 2 amide bonds. The summed E-state index contributed by atoms with van der Waals surface area (Å²) in [4.78, 5) is 13.5. The molecular formula is C12H14Cl2FN3O2S. The maximum absolute atomic E-state index is 14.1. The molecule has 1 saturated heterocycles. The molecule has 1 aliphatic rings. The number of methoxy groups -OCH3 is 1. The van der Waals surface area contributed by atoms with Crippen molar-refractivity contribution in [1.29, 1.82) is 0 Å². The second-order valence-corrected chi connectivity index (χ2v) is 6.84. The molecule has 1 fully saturated rings. The van der Waals surface area contributed by atoms with Gasteiger partial charge in [-0.05, 0) is 42.6 Å². The maximum atomic E-state index is 14.1. The third-order valence-corrected chi connectivity index (χ3v) is 4.23. The molecule has 9 heteroatoms. The normalized spacial score (nSPS) is 19.7. The molecule has 1 unspecified atom stereocenters. The second-order valence-electron chi connectivity index (χ2n) is 4.17. The van der Waals surface area contributed by atoms with E-state index in [2.05, 4.69) is 0 Å². The topological polar surface area (TPSA) is 36.0 Å². The van der Waals surface area contributed by atoms with Crippen molar-refractivity contribution in [2.24, 2.45) is 0 Å². The summed E-state index contributed by atoms with van der Waals surface area (Å²) in [5, 5.41) is 0.0286. The molecule has 1 aromatic rings. The second kappa shape index (κ2) is 6.91. The Hall–Kier alpha value is -0.890. The molecule has 0 bridgehead atoms. The zero-order valence-electron chi connectivity index (χ0n) is 11.4. The van der Waals surface area contributed by atoms with Gasteiger partial charge in [0.05, 0.1) is 7.11 Å². The summed E-state index contributed by atoms with van der Waals surface area (Å²) in [6.45, 7) is 1.85. The SMILES string of the molecule is CCC1N(c2ccc(OC)cc2)C(=O)N(F)N1SC(Cl)Cl. The molecule has 0 aliphatic carbocycles. The first-order valence-electron chi connectivity index (χ1n) is 6.16. The van der Waals surface area contributed by atoms with Crippen molar-refractivity contribution < 1.29 is 14.0 Å². The molecular weight excluding hydrogens is 340 g/mol. The summed E-state index contributed by atoms with van der Waals surface area (Å²) in [7, 11) is 1.55. The highest BCUT2D eigenvalue weighted by molar-refractivity contribution is 8.00. The van der Waals surface area contributed by atoms with Crippen LogP contribution in [0.3, 0.4) is 0 Å². The number of halogens is 3. The maximum Gasteiger partial charge on any atom is 0.370 e. The Morgan fingerprint density at radius 2 is 2.00 bits per heavy atom. The number of amides is 2. The molecule has 5 nitrogen and oxygen atoms in total. The summed E-state index contributed by atoms with van der Waals surface area (Å²) in [6, 6.07) is 6.02. The number of nitrogens with zero attached hydrogens (tertiary/aromatic N) is 3. The van der Waals surface area contributed by atoms with E-state index in [9.17, 15) is 9.28 Å². The van der Waals surface area contributed by atoms with E-state index in [1.54, 1.807) is 31.4 Å². The molecule has 1 heterocycles. The van der Waals surface area contributed by atoms with Gasteiger partial charge in [-0.15, -0.1) is 4.41 Å². The fourth-order valence-electron chi connectivity index (χ4n) is 2.07. The molecule has 0 radical (unpaired) electrons. The largest absolute Gasteiger partial charge is 0.497 e. The molecule has 1 aromatic carbocycles. The first kappa shape index (κ1) is 16.5. The zero-order chi connectivity index (χ0) is 15.6. The van der Waals surface area contributed by atoms with Crippen LogP contribution in [0.15, 0.2) is 24.3 Å². The minimum Gasteiger partial charge on any atom is -0.497 e. The summed E-state index contributed by atoms with van der Waals surface area (Å²) < 4.78 is 19.4. The van der Waals surface area contributed by atoms with Crippen molar-refractivity contribution in [1.82, 2.24) is 9.65 Å². The van der Waals surface area contributed by atoms with Crippen molar-refractivity contribution in [3.63, 3.8) is 0 Å². The number of anilines is 1. The van der Waals surface area contributed by atoms with E-state index in [4.69, 9.17) is 27.9 Å². The first-order valence-corrected chi connectivity index (χ1v) is 7.87. The average Bonchev–Trinajstić information content (AvgIpc) is 2.71. The number of alkyl halides is 2. The lowest BCUT2D eigenvalue weighted by Gasteiger charge is -2.26. The fraction of sp³-hybridized carbons (Fsp3) is 0.417. The number of hydrogen-bond donors (Lipinski definition) is 0. The lowest BCUT2D eigenvalue weighted by atomic mass is 10.2. The van der Waals surface area contributed by atoms with Crippen LogP contribution in [0.5, 0.6) is 5.75 Å². The lowest BCUT2D eigenvalue weighted by molar-refractivity contribution is -0.0458. The van der Waals surface area contributed by atoms with Gasteiger partial charge in [0, 0.05) is 5.69 Å². The van der Waals surface area contributed by atoms with E-state index in [0.717, 1.165) is 16.4 Å². The summed E-state index contributed by atoms with van der Waals surface area (Å²) >= 11 is 12.2. The lowest BCUT2D eigenvalue weighted by Crippen LogP contribution is -2.37. The van der Waals surface area contributed by atoms with Gasteiger partial charge in [0.15, 0.2) is 4.17 Å². The summed E-state index contributed by atoms with van der Waals surface area (Å²) in [5.74, 6) is 0.656. The van der Waals surface area contributed by atoms with E-state index < -0.39 is 16.4 Å². The molecule has 2 rings (SSSR count). The van der Waals surface area contributed by atoms with Gasteiger partial charge < -0.3 is 4.74 Å². The van der Waals surface area contributed by atoms with Crippen LogP contribution < -0.4 is 9.64 Å². The Morgan fingerprint density at radius 3 is 2.48 bits per heavy atom. The highest BCUT2D eigenvalue weighted by atomic mass is 35.5. The minimum atomic E-state index is -0.874. The molecule has 1 aliphatic heterocycles. The summed E-state index contributed by atoms with van der Waals surface area (Å²) in [5.41, 5.74) is 0.569. The Labute approximate surface area is 136 Å². The van der Waals surface area contributed by atoms with Crippen LogP contribution in [0.4, 0.5) is 15.0 Å². The fourth-order valence-corrected chi connectivity index (χ4v) is 3.26. The Balaban J connectivity index is 2.30. The molecule has 0 N–H and O–H groups in total. The number of urea groups is 1. The van der Waals surface area contributed by atoms with Gasteiger partial charge in [-0.3, -0.25) is 4.90 Å². The van der Waals surface area contributed by atoms with Gasteiger partial charge in [-0.25, -0.2) is 4.79 Å². The standard InChI is InChI=1S/C12H14Cl2FN3O2S/c1-3-10-16(8-4-6-9(20-2)7-5-8)12(19)17(15)18(10)21-11(13)14/h4-7,10-11H,3H2,1-2H3. The van der Waals surface area contributed by atoms with Crippen molar-refractivity contribution >= 4 is 46.9 Å². The van der Waals surface area contributed by atoms with E-state index in [0.29, 0.717) is 17.9 Å². The molecule has 1 atom stereocenters. The predicted molar refractivity (Wildman–Crippen MR) is 82.8 cm³/mol. The number of carbonyl (C=O) groups is 1. The Bertz CT molecular complexity index is 506. The van der Waals surface area contributed by atoms with E-state index >= 15 is 0 Å². The van der Waals surface area contributed by atoms with Gasteiger partial charge in [0.1, 0.15) is 11.9 Å². The van der Waals surface area contributed by atoms with Crippen LogP contribution in [0.2, 0.25) is 0 Å². The zero-order valence-corrected chi connectivity index (χ0v) is 13.7. The quantitative estimate of drug-likeness (QED) is 0.451. The van der Waals surface area contributed by atoms with Gasteiger partial charge in [0.2, 0.25) is 0 Å². The molecule has 21 heavy (non-hydrogen) atoms. The van der Waals surface area contributed by atoms with Gasteiger partial charge in [-0.1, -0.05) is 39.8 Å². The van der Waals surface area contributed by atoms with E-state index in [1.165, 1.54) is 4.90 Å². The van der Waals surface area contributed by atoms with Crippen LogP contribution >= 0.6 is 35.1 Å². The number of benzene rings is 1. The van der Waals surface area contributed by atoms with Crippen molar-refractivity contribution in [3.05, 3.63) is 24.3 Å². The van der Waals surface area contributed by atoms with E-state index in [-0.39, 0.29) is 5.23 Å². The minimum absolute atomic E-state index is 0.0286. The van der Waals surface area contributed by atoms with Gasteiger partial charge in [0.25, 0.3) is 0 Å². The number of carbonyl (C=O) groups excluding carboxylic acids is 1. The molecule has 0 aromatic heterocycles. The number of hydrazine groups is 1. The van der Waals surface area contributed by atoms with Crippen molar-refractivity contribution in [3.8, 4) is 5.75 Å². The highest BCUT2D eigenvalue weighted by Gasteiger charge is 2.46. The third kappa shape index (κ3) is 3.31. The van der Waals surface area contributed by atoms with Gasteiger partial charge in [-0.2, -0.15) is 0 Å². The summed E-state index contributed by atoms with van der Waals surface area (Å²) in [6.07, 6.45) is -0.00742. The van der Waals surface area contributed by atoms with Crippen LogP contribution in [0.25, 0.3) is 0 Å². The predicted octanol–water partition coefficient (Wildman–Crippen LogP) is 4.18. The van der Waals surface area contributed by atoms with Crippen LogP contribution in [-0.4, -0.2) is 33.1 Å². The molecule has 0 spiro atoms. The number of rotatable bonds is 5. The van der Waals surface area contributed by atoms with Crippen LogP contribution in [-0.2, 0) is 0 Å². The van der Waals surface area contributed by atoms with Crippen LogP contribution in [0.1, 0.15) is 13.3 Å². The average molecular weight is 354 g/mol. The smallest absolute Gasteiger partial charge is 0.370 e. The monoisotopic (exact) mass is 353 g/mol. The third-order valence-electron chi connectivity index (χ3n) is 2.99.